The third-order valence-electron chi connectivity index (χ3n) is 3.06. The van der Waals surface area contributed by atoms with Crippen molar-refractivity contribution in [2.24, 2.45) is 0 Å². The Morgan fingerprint density at radius 2 is 1.75 bits per heavy atom. The van der Waals surface area contributed by atoms with Crippen LogP contribution in [0.4, 0.5) is 4.39 Å². The van der Waals surface area contributed by atoms with E-state index < -0.39 is 11.8 Å². The van der Waals surface area contributed by atoms with Gasteiger partial charge in [-0.3, -0.25) is 4.79 Å². The number of benzene rings is 2. The Kier molecular flexibility index (Phi) is 3.66. The van der Waals surface area contributed by atoms with Crippen LogP contribution in [0.3, 0.4) is 0 Å². The maximum absolute atomic E-state index is 13.9. The molecule has 0 aliphatic carbocycles. The van der Waals surface area contributed by atoms with Gasteiger partial charge in [-0.1, -0.05) is 17.7 Å². The highest BCUT2D eigenvalue weighted by atomic mass is 19.1. The molecule has 2 aromatic rings. The summed E-state index contributed by atoms with van der Waals surface area (Å²) in [6, 6.07) is 8.72. The molecule has 0 bridgehead atoms. The van der Waals surface area contributed by atoms with E-state index in [9.17, 15) is 14.0 Å². The fraction of sp³-hybridized carbons (Fsp3) is 0.125. The number of carbonyl (C=O) groups excluding carboxylic acids is 1. The van der Waals surface area contributed by atoms with Crippen molar-refractivity contribution >= 4 is 11.8 Å². The van der Waals surface area contributed by atoms with Gasteiger partial charge in [0, 0.05) is 11.1 Å². The Bertz CT molecular complexity index is 705. The minimum atomic E-state index is -1.12. The van der Waals surface area contributed by atoms with Gasteiger partial charge in [-0.15, -0.1) is 0 Å². The first-order chi connectivity index (χ1) is 9.40. The summed E-state index contributed by atoms with van der Waals surface area (Å²) in [5, 5.41) is 8.97. The molecule has 20 heavy (non-hydrogen) atoms. The van der Waals surface area contributed by atoms with Crippen molar-refractivity contribution in [1.29, 1.82) is 0 Å². The maximum atomic E-state index is 13.9. The number of carboxylic acid groups (broad SMARTS) is 1. The van der Waals surface area contributed by atoms with E-state index in [1.165, 1.54) is 31.2 Å². The first-order valence-corrected chi connectivity index (χ1v) is 6.05. The molecule has 0 unspecified atom stereocenters. The van der Waals surface area contributed by atoms with E-state index in [-0.39, 0.29) is 16.9 Å². The number of hydrogen-bond acceptors (Lipinski definition) is 2. The molecule has 0 saturated heterocycles. The lowest BCUT2D eigenvalue weighted by Gasteiger charge is -2.10. The summed E-state index contributed by atoms with van der Waals surface area (Å²) in [6.45, 7) is 3.15. The number of carboxylic acids is 1. The lowest BCUT2D eigenvalue weighted by molar-refractivity contribution is 0.0697. The summed E-state index contributed by atoms with van der Waals surface area (Å²) >= 11 is 0. The van der Waals surface area contributed by atoms with Crippen LogP contribution in [0.2, 0.25) is 0 Å². The monoisotopic (exact) mass is 272 g/mol. The molecule has 0 fully saturated rings. The smallest absolute Gasteiger partial charge is 0.335 e. The molecule has 0 saturated carbocycles. The van der Waals surface area contributed by atoms with Gasteiger partial charge in [0.1, 0.15) is 5.82 Å². The molecule has 102 valence electrons. The average molecular weight is 272 g/mol. The summed E-state index contributed by atoms with van der Waals surface area (Å²) in [5.74, 6) is -1.87. The minimum Gasteiger partial charge on any atom is -0.478 e. The molecule has 0 atom stereocenters. The predicted molar refractivity (Wildman–Crippen MR) is 73.5 cm³/mol. The molecule has 0 aromatic heterocycles. The molecule has 2 rings (SSSR count). The zero-order valence-electron chi connectivity index (χ0n) is 11.1. The summed E-state index contributed by atoms with van der Waals surface area (Å²) < 4.78 is 13.9. The molecular weight excluding hydrogens is 259 g/mol. The van der Waals surface area contributed by atoms with Crippen molar-refractivity contribution in [2.75, 3.05) is 0 Å². The Hall–Kier alpha value is -2.49. The van der Waals surface area contributed by atoms with E-state index in [2.05, 4.69) is 0 Å². The second-order valence-corrected chi connectivity index (χ2v) is 4.61. The number of ketones is 1. The van der Waals surface area contributed by atoms with Crippen LogP contribution >= 0.6 is 0 Å². The Balaban J connectivity index is 2.70. The maximum Gasteiger partial charge on any atom is 0.335 e. The van der Waals surface area contributed by atoms with E-state index in [1.54, 1.807) is 12.1 Å². The number of aryl methyl sites for hydroxylation is 1. The van der Waals surface area contributed by atoms with Crippen LogP contribution in [0, 0.1) is 12.7 Å². The molecular formula is C16H13FO3. The van der Waals surface area contributed by atoms with Gasteiger partial charge in [-0.2, -0.15) is 0 Å². The molecule has 0 aliphatic heterocycles. The Morgan fingerprint density at radius 3 is 2.35 bits per heavy atom. The highest BCUT2D eigenvalue weighted by molar-refractivity contribution is 6.03. The third-order valence-corrected chi connectivity index (χ3v) is 3.06. The Morgan fingerprint density at radius 1 is 1.05 bits per heavy atom. The molecule has 1 N–H and O–H groups in total. The first-order valence-electron chi connectivity index (χ1n) is 6.05. The van der Waals surface area contributed by atoms with Crippen molar-refractivity contribution in [3.63, 3.8) is 0 Å². The molecule has 4 heteroatoms. The van der Waals surface area contributed by atoms with Crippen LogP contribution in [0.5, 0.6) is 0 Å². The second-order valence-electron chi connectivity index (χ2n) is 4.61. The zero-order chi connectivity index (χ0) is 14.9. The van der Waals surface area contributed by atoms with Crippen molar-refractivity contribution in [3.8, 4) is 11.1 Å². The van der Waals surface area contributed by atoms with Gasteiger partial charge in [0.15, 0.2) is 5.78 Å². The number of rotatable bonds is 3. The van der Waals surface area contributed by atoms with Crippen LogP contribution < -0.4 is 0 Å². The largest absolute Gasteiger partial charge is 0.478 e. The molecule has 0 radical (unpaired) electrons. The molecule has 0 spiro atoms. The van der Waals surface area contributed by atoms with E-state index in [0.29, 0.717) is 11.1 Å². The van der Waals surface area contributed by atoms with Gasteiger partial charge in [0.2, 0.25) is 0 Å². The standard InChI is InChI=1S/C16H13FO3/c1-9-3-6-15(17)14(7-9)12-5-4-11(16(19)20)8-13(12)10(2)18/h3-8H,1-2H3,(H,19,20). The number of carbonyl (C=O) groups is 2. The van der Waals surface area contributed by atoms with Gasteiger partial charge < -0.3 is 5.11 Å². The van der Waals surface area contributed by atoms with E-state index >= 15 is 0 Å². The van der Waals surface area contributed by atoms with Crippen LogP contribution in [-0.4, -0.2) is 16.9 Å². The molecule has 3 nitrogen and oxygen atoms in total. The van der Waals surface area contributed by atoms with Gasteiger partial charge in [0.25, 0.3) is 0 Å². The quantitative estimate of drug-likeness (QED) is 0.867. The van der Waals surface area contributed by atoms with Crippen LogP contribution in [0.25, 0.3) is 11.1 Å². The number of aromatic carboxylic acids is 1. The summed E-state index contributed by atoms with van der Waals surface area (Å²) in [6.07, 6.45) is 0. The predicted octanol–water partition coefficient (Wildman–Crippen LogP) is 3.70. The van der Waals surface area contributed by atoms with E-state index in [0.717, 1.165) is 5.56 Å². The Labute approximate surface area is 115 Å². The molecule has 2 aromatic carbocycles. The molecule has 0 heterocycles. The van der Waals surface area contributed by atoms with Gasteiger partial charge >= 0.3 is 5.97 Å². The average Bonchev–Trinajstić information content (AvgIpc) is 2.40. The molecule has 0 aliphatic rings. The minimum absolute atomic E-state index is 0.00649. The topological polar surface area (TPSA) is 54.4 Å². The number of halogens is 1. The summed E-state index contributed by atoms with van der Waals surface area (Å²) in [7, 11) is 0. The SMILES string of the molecule is CC(=O)c1cc(C(=O)O)ccc1-c1cc(C)ccc1F. The van der Waals surface area contributed by atoms with Crippen molar-refractivity contribution in [2.45, 2.75) is 13.8 Å². The van der Waals surface area contributed by atoms with Crippen LogP contribution in [-0.2, 0) is 0 Å². The number of Topliss-reactive ketones (excluding diaryl/α,β-unsaturated/α-hetero) is 1. The van der Waals surface area contributed by atoms with Crippen molar-refractivity contribution in [1.82, 2.24) is 0 Å². The van der Waals surface area contributed by atoms with Gasteiger partial charge in [0.05, 0.1) is 5.56 Å². The lowest BCUT2D eigenvalue weighted by atomic mass is 9.94. The van der Waals surface area contributed by atoms with Gasteiger partial charge in [-0.05, 0) is 43.7 Å². The fourth-order valence-electron chi connectivity index (χ4n) is 2.05. The third kappa shape index (κ3) is 2.59. The normalized spacial score (nSPS) is 10.3. The number of hydrogen-bond donors (Lipinski definition) is 1. The van der Waals surface area contributed by atoms with E-state index in [4.69, 9.17) is 5.11 Å². The van der Waals surface area contributed by atoms with Crippen molar-refractivity contribution < 1.29 is 19.1 Å². The van der Waals surface area contributed by atoms with Gasteiger partial charge in [-0.25, -0.2) is 9.18 Å². The van der Waals surface area contributed by atoms with Crippen LogP contribution in [0.1, 0.15) is 33.2 Å². The fourth-order valence-corrected chi connectivity index (χ4v) is 2.05. The second kappa shape index (κ2) is 5.25. The van der Waals surface area contributed by atoms with E-state index in [1.807, 2.05) is 6.92 Å². The zero-order valence-corrected chi connectivity index (χ0v) is 11.1. The summed E-state index contributed by atoms with van der Waals surface area (Å²) in [4.78, 5) is 22.7. The van der Waals surface area contributed by atoms with Crippen molar-refractivity contribution in [3.05, 3.63) is 58.9 Å². The highest BCUT2D eigenvalue weighted by Crippen LogP contribution is 2.28. The molecule has 0 amide bonds. The van der Waals surface area contributed by atoms with Crippen LogP contribution in [0.15, 0.2) is 36.4 Å². The first kappa shape index (κ1) is 13.9. The highest BCUT2D eigenvalue weighted by Gasteiger charge is 2.15. The summed E-state index contributed by atoms with van der Waals surface area (Å²) in [5.41, 5.74) is 1.77. The lowest BCUT2D eigenvalue weighted by Crippen LogP contribution is -2.03.